The molecule has 3 rings (SSSR count). The van der Waals surface area contributed by atoms with E-state index < -0.39 is 23.8 Å². The molecule has 0 aliphatic heterocycles. The number of hydrogen-bond acceptors (Lipinski definition) is 6. The van der Waals surface area contributed by atoms with E-state index in [0.29, 0.717) is 23.4 Å². The first-order valence-electron chi connectivity index (χ1n) is 10.4. The third kappa shape index (κ3) is 4.57. The van der Waals surface area contributed by atoms with E-state index in [9.17, 15) is 19.5 Å². The fraction of sp³-hybridized carbons (Fsp3) is 0.667. The Hall–Kier alpha value is -1.89. The van der Waals surface area contributed by atoms with Crippen molar-refractivity contribution in [2.24, 2.45) is 11.8 Å². The summed E-state index contributed by atoms with van der Waals surface area (Å²) in [5, 5.41) is 14.9. The zero-order chi connectivity index (χ0) is 20.1. The van der Waals surface area contributed by atoms with E-state index in [-0.39, 0.29) is 12.5 Å². The van der Waals surface area contributed by atoms with Crippen LogP contribution in [-0.2, 0) is 27.2 Å². The number of nitrogens with one attached hydrogen (secondary N) is 1. The summed E-state index contributed by atoms with van der Waals surface area (Å²) in [6.45, 7) is 2.03. The molecule has 6 nitrogen and oxygen atoms in total. The molecule has 2 aliphatic rings. The minimum absolute atomic E-state index is 0.270. The molecular weight excluding hydrogens is 378 g/mol. The van der Waals surface area contributed by atoms with Crippen LogP contribution in [0.15, 0.2) is 0 Å². The van der Waals surface area contributed by atoms with Gasteiger partial charge in [-0.15, -0.1) is 11.3 Å². The third-order valence-electron chi connectivity index (χ3n) is 5.79. The third-order valence-corrected chi connectivity index (χ3v) is 7.00. The van der Waals surface area contributed by atoms with Crippen molar-refractivity contribution in [3.05, 3.63) is 16.0 Å². The summed E-state index contributed by atoms with van der Waals surface area (Å²) in [5.74, 6) is -3.27. The zero-order valence-electron chi connectivity index (χ0n) is 16.4. The van der Waals surface area contributed by atoms with Gasteiger partial charge in [-0.25, -0.2) is 4.79 Å². The zero-order valence-corrected chi connectivity index (χ0v) is 17.2. The van der Waals surface area contributed by atoms with Gasteiger partial charge < -0.3 is 20.0 Å². The monoisotopic (exact) mass is 406 g/mol. The maximum atomic E-state index is 12.9. The summed E-state index contributed by atoms with van der Waals surface area (Å²) in [6.07, 6.45) is 8.71. The minimum Gasteiger partial charge on any atom is -0.550 e. The highest BCUT2D eigenvalue weighted by Gasteiger charge is 2.34. The number of thiophene rings is 1. The van der Waals surface area contributed by atoms with Crippen LogP contribution in [0.4, 0.5) is 5.00 Å². The molecule has 0 spiro atoms. The predicted molar refractivity (Wildman–Crippen MR) is 105 cm³/mol. The average Bonchev–Trinajstić information content (AvgIpc) is 2.98. The van der Waals surface area contributed by atoms with Gasteiger partial charge in [0.2, 0.25) is 5.91 Å². The Bertz CT molecular complexity index is 741. The number of carbonyl (C=O) groups excluding carboxylic acids is 3. The Morgan fingerprint density at radius 2 is 1.71 bits per heavy atom. The molecule has 1 heterocycles. The van der Waals surface area contributed by atoms with Crippen LogP contribution in [0.1, 0.15) is 79.1 Å². The van der Waals surface area contributed by atoms with E-state index in [1.807, 2.05) is 0 Å². The lowest BCUT2D eigenvalue weighted by atomic mass is 9.78. The molecule has 1 fully saturated rings. The number of carboxylic acids is 1. The van der Waals surface area contributed by atoms with Crippen molar-refractivity contribution in [2.75, 3.05) is 11.9 Å². The molecular formula is C21H28NO5S-. The molecule has 2 atom stereocenters. The van der Waals surface area contributed by atoms with E-state index >= 15 is 0 Å². The van der Waals surface area contributed by atoms with Gasteiger partial charge >= 0.3 is 5.97 Å². The van der Waals surface area contributed by atoms with Gasteiger partial charge in [0.25, 0.3) is 0 Å². The van der Waals surface area contributed by atoms with Crippen LogP contribution < -0.4 is 10.4 Å². The molecule has 154 valence electrons. The van der Waals surface area contributed by atoms with Crippen molar-refractivity contribution in [3.63, 3.8) is 0 Å². The summed E-state index contributed by atoms with van der Waals surface area (Å²) in [7, 11) is 0. The van der Waals surface area contributed by atoms with Crippen molar-refractivity contribution in [1.82, 2.24) is 0 Å². The lowest BCUT2D eigenvalue weighted by Crippen LogP contribution is -2.42. The van der Waals surface area contributed by atoms with E-state index in [2.05, 4.69) is 5.32 Å². The summed E-state index contributed by atoms with van der Waals surface area (Å²) in [6, 6.07) is 0. The van der Waals surface area contributed by atoms with E-state index in [1.54, 1.807) is 6.92 Å². The van der Waals surface area contributed by atoms with Crippen LogP contribution in [0.2, 0.25) is 0 Å². The molecule has 0 saturated heterocycles. The molecule has 0 radical (unpaired) electrons. The molecule has 2 aliphatic carbocycles. The number of hydrogen-bond donors (Lipinski definition) is 1. The number of esters is 1. The quantitative estimate of drug-likeness (QED) is 0.758. The molecule has 1 N–H and O–H groups in total. The Kier molecular flexibility index (Phi) is 7.10. The minimum atomic E-state index is -1.16. The van der Waals surface area contributed by atoms with Gasteiger partial charge in [-0.1, -0.05) is 25.7 Å². The number of ether oxygens (including phenoxy) is 1. The van der Waals surface area contributed by atoms with Crippen molar-refractivity contribution < 1.29 is 24.2 Å². The Labute approximate surface area is 169 Å². The number of fused-ring (bicyclic) bond motifs is 1. The number of aliphatic carboxylic acids is 1. The molecule has 28 heavy (non-hydrogen) atoms. The smallest absolute Gasteiger partial charge is 0.341 e. The first-order chi connectivity index (χ1) is 13.5. The van der Waals surface area contributed by atoms with Crippen LogP contribution >= 0.6 is 11.3 Å². The van der Waals surface area contributed by atoms with Gasteiger partial charge in [-0.05, 0) is 51.0 Å². The maximum Gasteiger partial charge on any atom is 0.341 e. The number of anilines is 1. The highest BCUT2D eigenvalue weighted by atomic mass is 32.1. The van der Waals surface area contributed by atoms with Gasteiger partial charge in [0.05, 0.1) is 12.2 Å². The number of aryl methyl sites for hydroxylation is 1. The van der Waals surface area contributed by atoms with Gasteiger partial charge in [-0.2, -0.15) is 0 Å². The second-order valence-corrected chi connectivity index (χ2v) is 8.75. The standard InChI is InChI=1S/C21H29NO5S/c1-2-27-21(26)17-15-11-5-3-4-6-12-16(15)28-19(17)22-18(23)13-9-7-8-10-14(13)20(24)25/h13-14H,2-12H2,1H3,(H,22,23)(H,24,25)/p-1/t13-,14+/m0/s1. The number of carbonyl (C=O) groups is 3. The van der Waals surface area contributed by atoms with Gasteiger partial charge in [0.1, 0.15) is 5.00 Å². The highest BCUT2D eigenvalue weighted by Crippen LogP contribution is 2.39. The Balaban J connectivity index is 1.89. The van der Waals surface area contributed by atoms with Gasteiger partial charge in [0, 0.05) is 22.7 Å². The second kappa shape index (κ2) is 9.54. The SMILES string of the molecule is CCOC(=O)c1c(NC(=O)[C@H]2CCCC[C@H]2C(=O)[O-])sc2c1CCCCCC2. The van der Waals surface area contributed by atoms with E-state index in [0.717, 1.165) is 55.4 Å². The van der Waals surface area contributed by atoms with Crippen LogP contribution in [0.3, 0.4) is 0 Å². The largest absolute Gasteiger partial charge is 0.550 e. The lowest BCUT2D eigenvalue weighted by molar-refractivity contribution is -0.313. The van der Waals surface area contributed by atoms with Crippen LogP contribution in [0, 0.1) is 11.8 Å². The summed E-state index contributed by atoms with van der Waals surface area (Å²) < 4.78 is 5.26. The maximum absolute atomic E-state index is 12.9. The first kappa shape index (κ1) is 20.8. The van der Waals surface area contributed by atoms with Crippen LogP contribution in [0.25, 0.3) is 0 Å². The molecule has 1 amide bonds. The van der Waals surface area contributed by atoms with Crippen LogP contribution in [0.5, 0.6) is 0 Å². The number of carboxylic acid groups (broad SMARTS) is 1. The number of amides is 1. The van der Waals surface area contributed by atoms with Crippen molar-refractivity contribution in [3.8, 4) is 0 Å². The van der Waals surface area contributed by atoms with Crippen molar-refractivity contribution in [1.29, 1.82) is 0 Å². The fourth-order valence-electron chi connectivity index (χ4n) is 4.36. The van der Waals surface area contributed by atoms with E-state index in [1.165, 1.54) is 17.8 Å². The normalized spacial score (nSPS) is 22.5. The second-order valence-electron chi connectivity index (χ2n) is 7.65. The molecule has 7 heteroatoms. The topological polar surface area (TPSA) is 95.5 Å². The highest BCUT2D eigenvalue weighted by molar-refractivity contribution is 7.17. The predicted octanol–water partition coefficient (Wildman–Crippen LogP) is 3.08. The first-order valence-corrected chi connectivity index (χ1v) is 11.2. The van der Waals surface area contributed by atoms with Crippen molar-refractivity contribution >= 4 is 34.2 Å². The van der Waals surface area contributed by atoms with Crippen LogP contribution in [-0.4, -0.2) is 24.5 Å². The van der Waals surface area contributed by atoms with Crippen molar-refractivity contribution in [2.45, 2.75) is 71.1 Å². The molecule has 1 aromatic heterocycles. The molecule has 0 bridgehead atoms. The van der Waals surface area contributed by atoms with E-state index in [4.69, 9.17) is 4.74 Å². The molecule has 0 aromatic carbocycles. The summed E-state index contributed by atoms with van der Waals surface area (Å²) in [4.78, 5) is 38.2. The molecule has 1 saturated carbocycles. The Morgan fingerprint density at radius 1 is 1.04 bits per heavy atom. The summed E-state index contributed by atoms with van der Waals surface area (Å²) >= 11 is 1.44. The Morgan fingerprint density at radius 3 is 2.39 bits per heavy atom. The summed E-state index contributed by atoms with van der Waals surface area (Å²) in [5.41, 5.74) is 1.47. The fourth-order valence-corrected chi connectivity index (χ4v) is 5.64. The molecule has 1 aromatic rings. The average molecular weight is 407 g/mol. The number of rotatable bonds is 5. The lowest BCUT2D eigenvalue weighted by Gasteiger charge is -2.31. The molecule has 0 unspecified atom stereocenters. The van der Waals surface area contributed by atoms with Gasteiger partial charge in [0.15, 0.2) is 0 Å². The van der Waals surface area contributed by atoms with Gasteiger partial charge in [-0.3, -0.25) is 4.79 Å².